The van der Waals surface area contributed by atoms with Crippen molar-refractivity contribution >= 4 is 28.9 Å². The van der Waals surface area contributed by atoms with Crippen molar-refractivity contribution in [2.45, 2.75) is 13.3 Å². The summed E-state index contributed by atoms with van der Waals surface area (Å²) in [5, 5.41) is 4.66. The molecule has 0 saturated carbocycles. The van der Waals surface area contributed by atoms with Gasteiger partial charge in [-0.05, 0) is 30.5 Å². The van der Waals surface area contributed by atoms with Crippen LogP contribution in [-0.4, -0.2) is 24.0 Å². The smallest absolute Gasteiger partial charge is 0.339 e. The number of oxazole rings is 1. The molecule has 0 unspecified atom stereocenters. The quantitative estimate of drug-likeness (QED) is 0.705. The Morgan fingerprint density at radius 3 is 2.76 bits per heavy atom. The SMILES string of the molecule is COC(=O)c1ccccc1NC(=O)Cc1nc(-c2cccs2)oc1C. The van der Waals surface area contributed by atoms with Crippen molar-refractivity contribution < 1.29 is 18.7 Å². The summed E-state index contributed by atoms with van der Waals surface area (Å²) in [6, 6.07) is 10.5. The largest absolute Gasteiger partial charge is 0.465 e. The molecular weight excluding hydrogens is 340 g/mol. The Labute approximate surface area is 148 Å². The molecule has 0 aliphatic carbocycles. The average molecular weight is 356 g/mol. The first-order chi connectivity index (χ1) is 12.1. The molecule has 6 nitrogen and oxygen atoms in total. The highest BCUT2D eigenvalue weighted by Crippen LogP contribution is 2.26. The molecule has 1 N–H and O–H groups in total. The molecule has 0 bridgehead atoms. The van der Waals surface area contributed by atoms with E-state index in [4.69, 9.17) is 9.15 Å². The van der Waals surface area contributed by atoms with Gasteiger partial charge in [-0.3, -0.25) is 4.79 Å². The standard InChI is InChI=1S/C18H16N2O4S/c1-11-14(20-17(24-11)15-8-5-9-25-15)10-16(21)19-13-7-4-3-6-12(13)18(22)23-2/h3-9H,10H2,1-2H3,(H,19,21). The van der Waals surface area contributed by atoms with Crippen LogP contribution < -0.4 is 5.32 Å². The van der Waals surface area contributed by atoms with Crippen molar-refractivity contribution in [3.05, 3.63) is 58.8 Å². The fourth-order valence-corrected chi connectivity index (χ4v) is 2.97. The third-order valence-electron chi connectivity index (χ3n) is 3.56. The fourth-order valence-electron chi connectivity index (χ4n) is 2.32. The van der Waals surface area contributed by atoms with Gasteiger partial charge in [0.05, 0.1) is 35.4 Å². The number of para-hydroxylation sites is 1. The molecule has 3 rings (SSSR count). The number of benzene rings is 1. The summed E-state index contributed by atoms with van der Waals surface area (Å²) >= 11 is 1.52. The summed E-state index contributed by atoms with van der Waals surface area (Å²) in [6.07, 6.45) is 0.0518. The number of aromatic nitrogens is 1. The van der Waals surface area contributed by atoms with Gasteiger partial charge < -0.3 is 14.5 Å². The molecule has 128 valence electrons. The number of aryl methyl sites for hydroxylation is 1. The summed E-state index contributed by atoms with van der Waals surface area (Å²) in [4.78, 5) is 29.4. The molecule has 3 aromatic rings. The highest BCUT2D eigenvalue weighted by Gasteiger charge is 2.17. The Hall–Kier alpha value is -2.93. The Balaban J connectivity index is 1.75. The van der Waals surface area contributed by atoms with E-state index in [-0.39, 0.29) is 12.3 Å². The molecule has 0 aliphatic heterocycles. The molecule has 0 fully saturated rings. The van der Waals surface area contributed by atoms with Gasteiger partial charge in [-0.1, -0.05) is 18.2 Å². The number of rotatable bonds is 5. The number of carbonyl (C=O) groups is 2. The normalized spacial score (nSPS) is 10.5. The third kappa shape index (κ3) is 3.77. The maximum absolute atomic E-state index is 12.4. The van der Waals surface area contributed by atoms with Crippen molar-refractivity contribution in [3.8, 4) is 10.8 Å². The lowest BCUT2D eigenvalue weighted by Crippen LogP contribution is -2.17. The minimum absolute atomic E-state index is 0.0518. The Morgan fingerprint density at radius 2 is 2.04 bits per heavy atom. The minimum atomic E-state index is -0.506. The summed E-state index contributed by atoms with van der Waals surface area (Å²) in [7, 11) is 1.30. The van der Waals surface area contributed by atoms with E-state index in [9.17, 15) is 9.59 Å². The number of ether oxygens (including phenoxy) is 1. The van der Waals surface area contributed by atoms with Crippen LogP contribution in [0.15, 0.2) is 46.2 Å². The molecule has 7 heteroatoms. The van der Waals surface area contributed by atoms with Crippen LogP contribution in [0.5, 0.6) is 0 Å². The molecule has 0 aliphatic rings. The number of esters is 1. The second kappa shape index (κ2) is 7.31. The van der Waals surface area contributed by atoms with E-state index in [0.717, 1.165) is 4.88 Å². The predicted octanol–water partition coefficient (Wildman–Crippen LogP) is 3.68. The molecule has 2 aromatic heterocycles. The number of hydrogen-bond donors (Lipinski definition) is 1. The zero-order valence-electron chi connectivity index (χ0n) is 13.7. The van der Waals surface area contributed by atoms with E-state index in [1.807, 2.05) is 17.5 Å². The summed E-state index contributed by atoms with van der Waals surface area (Å²) in [6.45, 7) is 1.77. The zero-order chi connectivity index (χ0) is 17.8. The van der Waals surface area contributed by atoms with Gasteiger partial charge in [0.1, 0.15) is 5.76 Å². The van der Waals surface area contributed by atoms with Gasteiger partial charge in [0.2, 0.25) is 11.8 Å². The molecule has 0 radical (unpaired) electrons. The highest BCUT2D eigenvalue weighted by atomic mass is 32.1. The maximum Gasteiger partial charge on any atom is 0.339 e. The number of methoxy groups -OCH3 is 1. The second-order valence-corrected chi connectivity index (χ2v) is 6.21. The van der Waals surface area contributed by atoms with Crippen molar-refractivity contribution in [2.75, 3.05) is 12.4 Å². The monoisotopic (exact) mass is 356 g/mol. The van der Waals surface area contributed by atoms with Gasteiger partial charge in [0.15, 0.2) is 0 Å². The molecule has 0 atom stereocenters. The van der Waals surface area contributed by atoms with E-state index >= 15 is 0 Å². The topological polar surface area (TPSA) is 81.4 Å². The van der Waals surface area contributed by atoms with Gasteiger partial charge >= 0.3 is 5.97 Å². The molecule has 1 amide bonds. The molecule has 0 saturated heterocycles. The first-order valence-corrected chi connectivity index (χ1v) is 8.44. The maximum atomic E-state index is 12.4. The number of hydrogen-bond acceptors (Lipinski definition) is 6. The van der Waals surface area contributed by atoms with E-state index in [0.29, 0.717) is 28.6 Å². The lowest BCUT2D eigenvalue weighted by Gasteiger charge is -2.09. The average Bonchev–Trinajstić information content (AvgIpc) is 3.25. The highest BCUT2D eigenvalue weighted by molar-refractivity contribution is 7.13. The minimum Gasteiger partial charge on any atom is -0.465 e. The molecular formula is C18H16N2O4S. The van der Waals surface area contributed by atoms with E-state index in [2.05, 4.69) is 10.3 Å². The Morgan fingerprint density at radius 1 is 1.24 bits per heavy atom. The fraction of sp³-hybridized carbons (Fsp3) is 0.167. The lowest BCUT2D eigenvalue weighted by molar-refractivity contribution is -0.115. The van der Waals surface area contributed by atoms with Crippen LogP contribution in [0, 0.1) is 6.92 Å². The van der Waals surface area contributed by atoms with Gasteiger partial charge in [0, 0.05) is 0 Å². The number of nitrogens with zero attached hydrogens (tertiary/aromatic N) is 1. The first-order valence-electron chi connectivity index (χ1n) is 7.56. The Kier molecular flexibility index (Phi) is 4.95. The van der Waals surface area contributed by atoms with Gasteiger partial charge in [0.25, 0.3) is 0 Å². The number of anilines is 1. The van der Waals surface area contributed by atoms with E-state index in [1.54, 1.807) is 31.2 Å². The molecule has 1 aromatic carbocycles. The van der Waals surface area contributed by atoms with Crippen LogP contribution in [0.2, 0.25) is 0 Å². The van der Waals surface area contributed by atoms with Crippen LogP contribution in [0.25, 0.3) is 10.8 Å². The van der Waals surface area contributed by atoms with Gasteiger partial charge in [-0.2, -0.15) is 0 Å². The Bertz CT molecular complexity index is 900. The van der Waals surface area contributed by atoms with Crippen molar-refractivity contribution in [2.24, 2.45) is 0 Å². The number of amides is 1. The third-order valence-corrected chi connectivity index (χ3v) is 4.42. The van der Waals surface area contributed by atoms with Crippen molar-refractivity contribution in [1.29, 1.82) is 0 Å². The first kappa shape index (κ1) is 16.9. The van der Waals surface area contributed by atoms with E-state index in [1.165, 1.54) is 18.4 Å². The van der Waals surface area contributed by atoms with Crippen LogP contribution in [0.3, 0.4) is 0 Å². The van der Waals surface area contributed by atoms with Crippen LogP contribution in [0.1, 0.15) is 21.8 Å². The van der Waals surface area contributed by atoms with Crippen LogP contribution in [-0.2, 0) is 16.0 Å². The van der Waals surface area contributed by atoms with Crippen molar-refractivity contribution in [1.82, 2.24) is 4.98 Å². The summed E-state index contributed by atoms with van der Waals surface area (Å²) in [5.41, 5.74) is 1.27. The van der Waals surface area contributed by atoms with Gasteiger partial charge in [-0.15, -0.1) is 11.3 Å². The predicted molar refractivity (Wildman–Crippen MR) is 94.7 cm³/mol. The van der Waals surface area contributed by atoms with Gasteiger partial charge in [-0.25, -0.2) is 9.78 Å². The molecule has 2 heterocycles. The summed E-state index contributed by atoms with van der Waals surface area (Å²) < 4.78 is 10.4. The second-order valence-electron chi connectivity index (χ2n) is 5.26. The molecule has 0 spiro atoms. The van der Waals surface area contributed by atoms with Crippen molar-refractivity contribution in [3.63, 3.8) is 0 Å². The molecule has 25 heavy (non-hydrogen) atoms. The lowest BCUT2D eigenvalue weighted by atomic mass is 10.1. The zero-order valence-corrected chi connectivity index (χ0v) is 14.6. The number of carbonyl (C=O) groups excluding carboxylic acids is 2. The van der Waals surface area contributed by atoms with Crippen LogP contribution in [0.4, 0.5) is 5.69 Å². The van der Waals surface area contributed by atoms with Crippen LogP contribution >= 0.6 is 11.3 Å². The van der Waals surface area contributed by atoms with E-state index < -0.39 is 5.97 Å². The summed E-state index contributed by atoms with van der Waals surface area (Å²) in [5.74, 6) is 0.309. The number of nitrogens with one attached hydrogen (secondary N) is 1. The number of thiophene rings is 1.